The Labute approximate surface area is 185 Å². The maximum Gasteiger partial charge on any atom is 0.262 e. The third-order valence-electron chi connectivity index (χ3n) is 4.79. The first-order chi connectivity index (χ1) is 14.8. The predicted molar refractivity (Wildman–Crippen MR) is 121 cm³/mol. The molecule has 0 atom stereocenters. The molecule has 0 radical (unpaired) electrons. The number of aromatic nitrogens is 2. The van der Waals surface area contributed by atoms with Crippen LogP contribution in [0.2, 0.25) is 5.02 Å². The second kappa shape index (κ2) is 8.13. The number of hydrogen-bond acceptors (Lipinski definition) is 5. The van der Waals surface area contributed by atoms with Gasteiger partial charge in [0.1, 0.15) is 17.1 Å². The molecule has 0 saturated heterocycles. The molecule has 2 aromatic carbocycles. The van der Waals surface area contributed by atoms with Crippen molar-refractivity contribution in [1.29, 1.82) is 0 Å². The molecule has 0 amide bonds. The lowest BCUT2D eigenvalue weighted by Gasteiger charge is -2.14. The molecule has 0 bridgehead atoms. The van der Waals surface area contributed by atoms with Crippen molar-refractivity contribution in [3.8, 4) is 22.8 Å². The average molecular weight is 458 g/mol. The lowest BCUT2D eigenvalue weighted by Crippen LogP contribution is -2.14. The van der Waals surface area contributed by atoms with Crippen LogP contribution in [0.5, 0.6) is 11.5 Å². The van der Waals surface area contributed by atoms with Gasteiger partial charge < -0.3 is 13.9 Å². The average Bonchev–Trinajstić information content (AvgIpc) is 3.16. The van der Waals surface area contributed by atoms with Crippen LogP contribution in [0.3, 0.4) is 0 Å². The van der Waals surface area contributed by atoms with E-state index in [1.54, 1.807) is 12.1 Å². The van der Waals surface area contributed by atoms with E-state index in [0.29, 0.717) is 22.9 Å². The second-order valence-electron chi connectivity index (χ2n) is 6.91. The van der Waals surface area contributed by atoms with Crippen LogP contribution in [0.1, 0.15) is 5.56 Å². The van der Waals surface area contributed by atoms with E-state index in [0.717, 1.165) is 16.8 Å². The number of pyridine rings is 1. The van der Waals surface area contributed by atoms with Gasteiger partial charge in [0, 0.05) is 18.0 Å². The number of ether oxygens (including phenoxy) is 2. The van der Waals surface area contributed by atoms with Crippen molar-refractivity contribution < 1.29 is 17.9 Å². The Balaban J connectivity index is 1.72. The van der Waals surface area contributed by atoms with Gasteiger partial charge in [-0.3, -0.25) is 4.72 Å². The number of aryl methyl sites for hydroxylation is 1. The van der Waals surface area contributed by atoms with Crippen LogP contribution >= 0.6 is 11.6 Å². The molecule has 0 aliphatic carbocycles. The van der Waals surface area contributed by atoms with Gasteiger partial charge in [0.05, 0.1) is 35.5 Å². The Bertz CT molecular complexity index is 1380. The van der Waals surface area contributed by atoms with Gasteiger partial charge in [-0.15, -0.1) is 0 Å². The lowest BCUT2D eigenvalue weighted by atomic mass is 10.1. The quantitative estimate of drug-likeness (QED) is 0.450. The highest BCUT2D eigenvalue weighted by molar-refractivity contribution is 7.92. The number of nitrogens with one attached hydrogen (secondary N) is 1. The molecule has 7 nitrogen and oxygen atoms in total. The summed E-state index contributed by atoms with van der Waals surface area (Å²) in [5, 5.41) is 0.200. The first-order valence-electron chi connectivity index (χ1n) is 9.31. The van der Waals surface area contributed by atoms with Crippen molar-refractivity contribution in [2.24, 2.45) is 0 Å². The van der Waals surface area contributed by atoms with Gasteiger partial charge in [-0.25, -0.2) is 13.4 Å². The van der Waals surface area contributed by atoms with E-state index in [1.807, 2.05) is 41.9 Å². The van der Waals surface area contributed by atoms with Crippen molar-refractivity contribution in [2.75, 3.05) is 18.9 Å². The van der Waals surface area contributed by atoms with Gasteiger partial charge >= 0.3 is 0 Å². The van der Waals surface area contributed by atoms with Crippen LogP contribution < -0.4 is 14.2 Å². The molecule has 0 saturated carbocycles. The Morgan fingerprint density at radius 3 is 2.45 bits per heavy atom. The third-order valence-corrected chi connectivity index (χ3v) is 6.45. The summed E-state index contributed by atoms with van der Waals surface area (Å²) in [6.07, 6.45) is 3.82. The van der Waals surface area contributed by atoms with E-state index in [1.165, 1.54) is 32.4 Å². The summed E-state index contributed by atoms with van der Waals surface area (Å²) in [7, 11) is -0.978. The van der Waals surface area contributed by atoms with Gasteiger partial charge in [0.15, 0.2) is 0 Å². The van der Waals surface area contributed by atoms with Crippen LogP contribution in [0.4, 0.5) is 5.69 Å². The number of hydrogen-bond donors (Lipinski definition) is 1. The van der Waals surface area contributed by atoms with E-state index in [9.17, 15) is 8.42 Å². The number of fused-ring (bicyclic) bond motifs is 1. The normalized spacial score (nSPS) is 11.5. The minimum atomic E-state index is -3.92. The molecule has 1 N–H and O–H groups in total. The fourth-order valence-corrected chi connectivity index (χ4v) is 4.60. The minimum Gasteiger partial charge on any atom is -0.495 e. The zero-order valence-corrected chi connectivity index (χ0v) is 18.7. The van der Waals surface area contributed by atoms with Crippen molar-refractivity contribution in [3.63, 3.8) is 0 Å². The molecule has 0 spiro atoms. The summed E-state index contributed by atoms with van der Waals surface area (Å²) in [5.41, 5.74) is 3.65. The molecular weight excluding hydrogens is 438 g/mol. The molecule has 31 heavy (non-hydrogen) atoms. The SMILES string of the molecule is COc1ccc(S(=O)(=O)Nc2cc(-c3cn4ccc(C)cc4n3)ccc2OC)cc1Cl. The summed E-state index contributed by atoms with van der Waals surface area (Å²) < 4.78 is 40.9. The Hall–Kier alpha value is -3.23. The largest absolute Gasteiger partial charge is 0.495 e. The van der Waals surface area contributed by atoms with Gasteiger partial charge in [-0.2, -0.15) is 0 Å². The number of rotatable bonds is 6. The summed E-state index contributed by atoms with van der Waals surface area (Å²) in [6, 6.07) is 13.5. The Morgan fingerprint density at radius 1 is 1.00 bits per heavy atom. The molecule has 4 rings (SSSR count). The van der Waals surface area contributed by atoms with Crippen LogP contribution in [-0.2, 0) is 10.0 Å². The maximum absolute atomic E-state index is 13.0. The van der Waals surface area contributed by atoms with Crippen LogP contribution in [0, 0.1) is 6.92 Å². The van der Waals surface area contributed by atoms with Crippen molar-refractivity contribution in [2.45, 2.75) is 11.8 Å². The van der Waals surface area contributed by atoms with Crippen LogP contribution in [-0.4, -0.2) is 32.0 Å². The van der Waals surface area contributed by atoms with E-state index in [4.69, 9.17) is 21.1 Å². The highest BCUT2D eigenvalue weighted by Crippen LogP contribution is 2.33. The molecule has 0 aliphatic rings. The standard InChI is InChI=1S/C22H20ClN3O4S/c1-14-8-9-26-13-19(24-22(26)10-14)15-4-6-21(30-3)18(11-15)25-31(27,28)16-5-7-20(29-2)17(23)12-16/h4-13,25H,1-3H3. The first-order valence-corrected chi connectivity index (χ1v) is 11.2. The van der Waals surface area contributed by atoms with E-state index in [2.05, 4.69) is 9.71 Å². The monoisotopic (exact) mass is 457 g/mol. The summed E-state index contributed by atoms with van der Waals surface area (Å²) in [4.78, 5) is 4.65. The molecule has 0 aliphatic heterocycles. The van der Waals surface area contributed by atoms with E-state index < -0.39 is 10.0 Å². The number of anilines is 1. The number of benzene rings is 2. The third kappa shape index (κ3) is 4.17. The number of halogens is 1. The highest BCUT2D eigenvalue weighted by atomic mass is 35.5. The topological polar surface area (TPSA) is 81.9 Å². The first kappa shape index (κ1) is 21.0. The zero-order valence-electron chi connectivity index (χ0n) is 17.1. The molecule has 2 aromatic heterocycles. The molecule has 4 aromatic rings. The lowest BCUT2D eigenvalue weighted by molar-refractivity contribution is 0.414. The molecule has 0 fully saturated rings. The van der Waals surface area contributed by atoms with Crippen LogP contribution in [0.15, 0.2) is 65.8 Å². The fourth-order valence-electron chi connectivity index (χ4n) is 3.19. The van der Waals surface area contributed by atoms with Gasteiger partial charge in [-0.1, -0.05) is 11.6 Å². The molecule has 160 valence electrons. The predicted octanol–water partition coefficient (Wildman–Crippen LogP) is 4.78. The van der Waals surface area contributed by atoms with Crippen molar-refractivity contribution in [3.05, 3.63) is 71.5 Å². The van der Waals surface area contributed by atoms with Crippen molar-refractivity contribution in [1.82, 2.24) is 9.38 Å². The van der Waals surface area contributed by atoms with Gasteiger partial charge in [0.25, 0.3) is 10.0 Å². The van der Waals surface area contributed by atoms with Crippen LogP contribution in [0.25, 0.3) is 16.9 Å². The highest BCUT2D eigenvalue weighted by Gasteiger charge is 2.19. The molecule has 2 heterocycles. The summed E-state index contributed by atoms with van der Waals surface area (Å²) in [5.74, 6) is 0.772. The van der Waals surface area contributed by atoms with E-state index >= 15 is 0 Å². The molecule has 0 unspecified atom stereocenters. The van der Waals surface area contributed by atoms with Crippen molar-refractivity contribution >= 4 is 33.0 Å². The number of nitrogens with zero attached hydrogens (tertiary/aromatic N) is 2. The molecular formula is C22H20ClN3O4S. The van der Waals surface area contributed by atoms with Gasteiger partial charge in [0.2, 0.25) is 0 Å². The maximum atomic E-state index is 13.0. The number of imidazole rings is 1. The number of methoxy groups -OCH3 is 2. The fraction of sp³-hybridized carbons (Fsp3) is 0.136. The smallest absolute Gasteiger partial charge is 0.262 e. The Morgan fingerprint density at radius 2 is 1.74 bits per heavy atom. The summed E-state index contributed by atoms with van der Waals surface area (Å²) in [6.45, 7) is 2.00. The Kier molecular flexibility index (Phi) is 5.51. The van der Waals surface area contributed by atoms with Gasteiger partial charge in [-0.05, 0) is 61.0 Å². The second-order valence-corrected chi connectivity index (χ2v) is 9.00. The zero-order chi connectivity index (χ0) is 22.2. The summed E-state index contributed by atoms with van der Waals surface area (Å²) >= 11 is 6.10. The van der Waals surface area contributed by atoms with E-state index in [-0.39, 0.29) is 9.92 Å². The minimum absolute atomic E-state index is 0.00830. The molecule has 9 heteroatoms. The number of sulfonamides is 1.